The molecule has 0 N–H and O–H groups in total. The topological polar surface area (TPSA) is 9.23 Å². The summed E-state index contributed by atoms with van der Waals surface area (Å²) in [6, 6.07) is 12.4. The molecule has 1 aromatic heterocycles. The Bertz CT molecular complexity index is 425. The molecule has 0 aliphatic heterocycles. The van der Waals surface area contributed by atoms with Crippen molar-refractivity contribution < 1.29 is 4.74 Å². The van der Waals surface area contributed by atoms with Crippen LogP contribution in [0, 0.1) is 0 Å². The number of hydrogen-bond donors (Lipinski definition) is 0. The Kier molecular flexibility index (Phi) is 4.57. The first-order valence-electron chi connectivity index (χ1n) is 5.20. The minimum absolute atomic E-state index is 0.673. The zero-order valence-corrected chi connectivity index (χ0v) is 11.3. The molecule has 0 aliphatic rings. The van der Waals surface area contributed by atoms with Crippen LogP contribution in [0.25, 0.3) is 0 Å². The standard InChI is InChI=1S/C13H13BrOS/c14-13-6-2-1-4-11(13)10-15-8-7-12-5-3-9-16-12/h1-6,9H,7-8,10H2. The molecule has 2 aromatic rings. The zero-order chi connectivity index (χ0) is 11.2. The molecule has 1 nitrogen and oxygen atoms in total. The number of hydrogen-bond acceptors (Lipinski definition) is 2. The molecule has 0 amide bonds. The molecule has 84 valence electrons. The molecule has 0 aliphatic carbocycles. The van der Waals surface area contributed by atoms with Gasteiger partial charge >= 0.3 is 0 Å². The molecule has 1 heterocycles. The lowest BCUT2D eigenvalue weighted by Gasteiger charge is -2.05. The molecule has 0 unspecified atom stereocenters. The molecule has 0 bridgehead atoms. The largest absolute Gasteiger partial charge is 0.376 e. The van der Waals surface area contributed by atoms with Crippen LogP contribution in [0.4, 0.5) is 0 Å². The Labute approximate surface area is 108 Å². The van der Waals surface area contributed by atoms with Crippen molar-refractivity contribution >= 4 is 27.3 Å². The lowest BCUT2D eigenvalue weighted by molar-refractivity contribution is 0.124. The van der Waals surface area contributed by atoms with Crippen molar-refractivity contribution in [2.24, 2.45) is 0 Å². The van der Waals surface area contributed by atoms with Crippen molar-refractivity contribution in [1.82, 2.24) is 0 Å². The van der Waals surface area contributed by atoms with Crippen LogP contribution in [-0.4, -0.2) is 6.61 Å². The fraction of sp³-hybridized carbons (Fsp3) is 0.231. The van der Waals surface area contributed by atoms with Crippen LogP contribution >= 0.6 is 27.3 Å². The summed E-state index contributed by atoms with van der Waals surface area (Å²) in [5, 5.41) is 2.10. The summed E-state index contributed by atoms with van der Waals surface area (Å²) in [4.78, 5) is 1.38. The molecule has 1 aromatic carbocycles. The van der Waals surface area contributed by atoms with Crippen molar-refractivity contribution in [3.63, 3.8) is 0 Å². The maximum absolute atomic E-state index is 5.65. The molecule has 0 spiro atoms. The third-order valence-electron chi connectivity index (χ3n) is 2.29. The van der Waals surface area contributed by atoms with Crippen LogP contribution in [0.1, 0.15) is 10.4 Å². The third kappa shape index (κ3) is 3.44. The van der Waals surface area contributed by atoms with E-state index in [0.29, 0.717) is 6.61 Å². The van der Waals surface area contributed by atoms with Gasteiger partial charge in [-0.2, -0.15) is 0 Å². The predicted molar refractivity (Wildman–Crippen MR) is 71.8 cm³/mol. The molecular formula is C13H13BrOS. The van der Waals surface area contributed by atoms with Gasteiger partial charge in [0.05, 0.1) is 13.2 Å². The summed E-state index contributed by atoms with van der Waals surface area (Å²) in [7, 11) is 0. The van der Waals surface area contributed by atoms with E-state index in [1.807, 2.05) is 18.2 Å². The average molecular weight is 297 g/mol. The number of ether oxygens (including phenoxy) is 1. The van der Waals surface area contributed by atoms with Crippen LogP contribution < -0.4 is 0 Å². The van der Waals surface area contributed by atoms with Crippen molar-refractivity contribution in [3.8, 4) is 0 Å². The maximum Gasteiger partial charge on any atom is 0.0727 e. The van der Waals surface area contributed by atoms with Crippen molar-refractivity contribution in [3.05, 3.63) is 56.7 Å². The Morgan fingerprint density at radius 1 is 1.12 bits per heavy atom. The highest BCUT2D eigenvalue weighted by atomic mass is 79.9. The number of benzene rings is 1. The number of halogens is 1. The van der Waals surface area contributed by atoms with Gasteiger partial charge in [-0.25, -0.2) is 0 Å². The third-order valence-corrected chi connectivity index (χ3v) is 4.00. The second-order valence-electron chi connectivity index (χ2n) is 3.47. The first-order chi connectivity index (χ1) is 7.86. The summed E-state index contributed by atoms with van der Waals surface area (Å²) in [5.74, 6) is 0. The van der Waals surface area contributed by atoms with Gasteiger partial charge in [0, 0.05) is 15.8 Å². The van der Waals surface area contributed by atoms with Crippen molar-refractivity contribution in [2.75, 3.05) is 6.61 Å². The van der Waals surface area contributed by atoms with E-state index in [0.717, 1.165) is 17.5 Å². The molecule has 2 rings (SSSR count). The van der Waals surface area contributed by atoms with Gasteiger partial charge in [-0.05, 0) is 23.1 Å². The van der Waals surface area contributed by atoms with Crippen LogP contribution in [0.5, 0.6) is 0 Å². The van der Waals surface area contributed by atoms with Crippen molar-refractivity contribution in [2.45, 2.75) is 13.0 Å². The van der Waals surface area contributed by atoms with Crippen molar-refractivity contribution in [1.29, 1.82) is 0 Å². The van der Waals surface area contributed by atoms with Crippen LogP contribution in [0.3, 0.4) is 0 Å². The van der Waals surface area contributed by atoms with Gasteiger partial charge in [0.25, 0.3) is 0 Å². The Balaban J connectivity index is 1.74. The van der Waals surface area contributed by atoms with Gasteiger partial charge in [0.1, 0.15) is 0 Å². The summed E-state index contributed by atoms with van der Waals surface area (Å²) in [6.07, 6.45) is 1.00. The van der Waals surface area contributed by atoms with E-state index in [2.05, 4.69) is 39.5 Å². The molecule has 0 fully saturated rings. The first kappa shape index (κ1) is 11.8. The molecule has 0 radical (unpaired) electrons. The highest BCUT2D eigenvalue weighted by Crippen LogP contribution is 2.17. The first-order valence-corrected chi connectivity index (χ1v) is 6.87. The molecule has 0 saturated heterocycles. The lowest BCUT2D eigenvalue weighted by atomic mass is 10.2. The van der Waals surface area contributed by atoms with Gasteiger partial charge in [0.15, 0.2) is 0 Å². The number of rotatable bonds is 5. The fourth-order valence-corrected chi connectivity index (χ4v) is 2.51. The van der Waals surface area contributed by atoms with Gasteiger partial charge in [0.2, 0.25) is 0 Å². The van der Waals surface area contributed by atoms with Gasteiger partial charge in [-0.3, -0.25) is 0 Å². The van der Waals surface area contributed by atoms with E-state index in [9.17, 15) is 0 Å². The summed E-state index contributed by atoms with van der Waals surface area (Å²) in [5.41, 5.74) is 1.20. The quantitative estimate of drug-likeness (QED) is 0.749. The van der Waals surface area contributed by atoms with E-state index in [4.69, 9.17) is 4.74 Å². The smallest absolute Gasteiger partial charge is 0.0727 e. The lowest BCUT2D eigenvalue weighted by Crippen LogP contribution is -1.98. The molecule has 16 heavy (non-hydrogen) atoms. The second kappa shape index (κ2) is 6.18. The monoisotopic (exact) mass is 296 g/mol. The predicted octanol–water partition coefficient (Wildman–Crippen LogP) is 4.27. The van der Waals surface area contributed by atoms with Gasteiger partial charge in [-0.15, -0.1) is 11.3 Å². The van der Waals surface area contributed by atoms with E-state index in [-0.39, 0.29) is 0 Å². The maximum atomic E-state index is 5.65. The van der Waals surface area contributed by atoms with E-state index >= 15 is 0 Å². The van der Waals surface area contributed by atoms with E-state index in [1.165, 1.54) is 10.4 Å². The van der Waals surface area contributed by atoms with Crippen LogP contribution in [-0.2, 0) is 17.8 Å². The van der Waals surface area contributed by atoms with Gasteiger partial charge in [-0.1, -0.05) is 40.2 Å². The highest BCUT2D eigenvalue weighted by molar-refractivity contribution is 9.10. The van der Waals surface area contributed by atoms with E-state index < -0.39 is 0 Å². The second-order valence-corrected chi connectivity index (χ2v) is 5.36. The Morgan fingerprint density at radius 3 is 2.75 bits per heavy atom. The normalized spacial score (nSPS) is 10.6. The van der Waals surface area contributed by atoms with Gasteiger partial charge < -0.3 is 4.74 Å². The SMILES string of the molecule is Brc1ccccc1COCCc1cccs1. The Morgan fingerprint density at radius 2 is 2.00 bits per heavy atom. The molecular weight excluding hydrogens is 284 g/mol. The molecule has 0 saturated carbocycles. The fourth-order valence-electron chi connectivity index (χ4n) is 1.43. The minimum Gasteiger partial charge on any atom is -0.376 e. The Hall–Kier alpha value is -0.640. The summed E-state index contributed by atoms with van der Waals surface area (Å²) < 4.78 is 6.77. The minimum atomic E-state index is 0.673. The molecule has 0 atom stereocenters. The van der Waals surface area contributed by atoms with Crippen LogP contribution in [0.2, 0.25) is 0 Å². The zero-order valence-electron chi connectivity index (χ0n) is 8.86. The highest BCUT2D eigenvalue weighted by Gasteiger charge is 1.99. The van der Waals surface area contributed by atoms with Crippen LogP contribution in [0.15, 0.2) is 46.3 Å². The average Bonchev–Trinajstić information content (AvgIpc) is 2.79. The summed E-state index contributed by atoms with van der Waals surface area (Å²) in [6.45, 7) is 1.45. The summed E-state index contributed by atoms with van der Waals surface area (Å²) >= 11 is 5.29. The molecule has 3 heteroatoms. The number of thiophene rings is 1. The van der Waals surface area contributed by atoms with E-state index in [1.54, 1.807) is 11.3 Å².